The van der Waals surface area contributed by atoms with Crippen LogP contribution in [-0.2, 0) is 0 Å². The lowest BCUT2D eigenvalue weighted by atomic mass is 9.73. The van der Waals surface area contributed by atoms with Crippen LogP contribution < -0.4 is 40.1 Å². The molecule has 0 saturated carbocycles. The highest BCUT2D eigenvalue weighted by Gasteiger charge is 2.62. The Morgan fingerprint density at radius 1 is 0.714 bits per heavy atom. The predicted molar refractivity (Wildman–Crippen MR) is 51.6 cm³/mol. The van der Waals surface area contributed by atoms with Gasteiger partial charge in [-0.05, 0) is 12.2 Å². The Balaban J connectivity index is 3.36. The zero-order valence-electron chi connectivity index (χ0n) is 7.64. The molecule has 0 spiro atoms. The van der Waals surface area contributed by atoms with Crippen LogP contribution in [0.4, 0.5) is 0 Å². The van der Waals surface area contributed by atoms with Gasteiger partial charge in [-0.1, -0.05) is 0 Å². The molecule has 0 aromatic rings. The Bertz CT molecular complexity index is 252. The average molecular weight is 203 g/mol. The molecular weight excluding hydrogens is 186 g/mol. The smallest absolute Gasteiger partial charge is 0.167 e. The number of rotatable bonds is 0. The minimum absolute atomic E-state index is 1.07. The van der Waals surface area contributed by atoms with Crippen molar-refractivity contribution in [1.29, 1.82) is 0 Å². The van der Waals surface area contributed by atoms with E-state index in [0.29, 0.717) is 0 Å². The second-order valence-corrected chi connectivity index (χ2v) is 3.83. The minimum Gasteiger partial charge on any atom is -0.369 e. The first-order chi connectivity index (χ1) is 5.96. The van der Waals surface area contributed by atoms with E-state index in [-0.39, 0.29) is 0 Å². The number of hydrogen-bond acceptors (Lipinski definition) is 8. The lowest BCUT2D eigenvalue weighted by molar-refractivity contribution is -0.0511. The second-order valence-electron chi connectivity index (χ2n) is 3.83. The van der Waals surface area contributed by atoms with Crippen molar-refractivity contribution in [1.82, 2.24) is 0 Å². The molecule has 0 aromatic carbocycles. The molecule has 0 fully saturated rings. The van der Waals surface area contributed by atoms with Gasteiger partial charge in [-0.25, -0.2) is 0 Å². The SMILES string of the molecule is NC1(N)C=CC(N)(O)C(N)(N)C1(N)N. The Morgan fingerprint density at radius 3 is 1.50 bits per heavy atom. The molecule has 0 radical (unpaired) electrons. The highest BCUT2D eigenvalue weighted by molar-refractivity contribution is 5.33. The van der Waals surface area contributed by atoms with Crippen molar-refractivity contribution < 1.29 is 5.11 Å². The number of nitrogens with two attached hydrogens (primary N) is 7. The summed E-state index contributed by atoms with van der Waals surface area (Å²) in [5.41, 5.74) is 31.1. The van der Waals surface area contributed by atoms with E-state index in [1.54, 1.807) is 0 Å². The van der Waals surface area contributed by atoms with Gasteiger partial charge in [0, 0.05) is 0 Å². The van der Waals surface area contributed by atoms with Crippen LogP contribution in [0, 0.1) is 0 Å². The maximum Gasteiger partial charge on any atom is 0.167 e. The second kappa shape index (κ2) is 2.51. The zero-order valence-corrected chi connectivity index (χ0v) is 7.64. The average Bonchev–Trinajstić information content (AvgIpc) is 1.98. The van der Waals surface area contributed by atoms with Gasteiger partial charge in [-0.3, -0.25) is 5.73 Å². The first kappa shape index (κ1) is 11.5. The topological polar surface area (TPSA) is 202 Å². The fourth-order valence-electron chi connectivity index (χ4n) is 1.23. The molecule has 1 aliphatic carbocycles. The van der Waals surface area contributed by atoms with Gasteiger partial charge in [0.15, 0.2) is 5.72 Å². The first-order valence-electron chi connectivity index (χ1n) is 3.91. The normalized spacial score (nSPS) is 38.3. The van der Waals surface area contributed by atoms with E-state index in [9.17, 15) is 5.11 Å². The summed E-state index contributed by atoms with van der Waals surface area (Å²) in [6, 6.07) is 0. The third kappa shape index (κ3) is 1.11. The highest BCUT2D eigenvalue weighted by atomic mass is 16.3. The van der Waals surface area contributed by atoms with E-state index in [2.05, 4.69) is 0 Å². The molecule has 0 aliphatic heterocycles. The zero-order chi connectivity index (χ0) is 11.4. The van der Waals surface area contributed by atoms with Gasteiger partial charge in [0.1, 0.15) is 17.0 Å². The van der Waals surface area contributed by atoms with Crippen LogP contribution in [0.25, 0.3) is 0 Å². The molecule has 0 aromatic heterocycles. The van der Waals surface area contributed by atoms with Gasteiger partial charge < -0.3 is 39.5 Å². The summed E-state index contributed by atoms with van der Waals surface area (Å²) in [7, 11) is 0. The van der Waals surface area contributed by atoms with Crippen LogP contribution in [0.1, 0.15) is 0 Å². The molecule has 1 rings (SSSR count). The molecule has 8 nitrogen and oxygen atoms in total. The third-order valence-corrected chi connectivity index (χ3v) is 2.68. The fraction of sp³-hybridized carbons (Fsp3) is 0.667. The molecule has 8 heteroatoms. The van der Waals surface area contributed by atoms with Gasteiger partial charge in [-0.15, -0.1) is 0 Å². The number of aliphatic hydroxyl groups is 1. The Morgan fingerprint density at radius 2 is 1.14 bits per heavy atom. The van der Waals surface area contributed by atoms with Gasteiger partial charge in [-0.2, -0.15) is 0 Å². The van der Waals surface area contributed by atoms with Crippen molar-refractivity contribution in [2.45, 2.75) is 22.7 Å². The predicted octanol–water partition coefficient (Wildman–Crippen LogP) is -4.96. The lowest BCUT2D eigenvalue weighted by Crippen LogP contribution is -2.96. The summed E-state index contributed by atoms with van der Waals surface area (Å²) in [5, 5.41) is 9.64. The molecule has 1 atom stereocenters. The summed E-state index contributed by atoms with van der Waals surface area (Å²) in [6.45, 7) is 0. The van der Waals surface area contributed by atoms with Gasteiger partial charge in [0.25, 0.3) is 0 Å². The largest absolute Gasteiger partial charge is 0.369 e. The Hall–Kier alpha value is -0.580. The first-order valence-corrected chi connectivity index (χ1v) is 3.91. The molecule has 14 heavy (non-hydrogen) atoms. The van der Waals surface area contributed by atoms with Crippen molar-refractivity contribution in [2.24, 2.45) is 40.1 Å². The molecule has 15 N–H and O–H groups in total. The van der Waals surface area contributed by atoms with Crippen molar-refractivity contribution >= 4 is 0 Å². The lowest BCUT2D eigenvalue weighted by Gasteiger charge is -2.55. The molecule has 1 aliphatic rings. The maximum atomic E-state index is 9.64. The molecule has 0 bridgehead atoms. The molecule has 0 saturated heterocycles. The monoisotopic (exact) mass is 203 g/mol. The highest BCUT2D eigenvalue weighted by Crippen LogP contribution is 2.29. The minimum atomic E-state index is -2.07. The van der Waals surface area contributed by atoms with Crippen LogP contribution in [0.5, 0.6) is 0 Å². The Kier molecular flexibility index (Phi) is 2.06. The van der Waals surface area contributed by atoms with Crippen molar-refractivity contribution in [3.8, 4) is 0 Å². The van der Waals surface area contributed by atoms with Crippen LogP contribution >= 0.6 is 0 Å². The molecule has 0 heterocycles. The Labute approximate surface area is 81.0 Å². The summed E-state index contributed by atoms with van der Waals surface area (Å²) in [6.07, 6.45) is 2.25. The quantitative estimate of drug-likeness (QED) is 0.141. The van der Waals surface area contributed by atoms with E-state index in [1.165, 1.54) is 6.08 Å². The molecule has 82 valence electrons. The van der Waals surface area contributed by atoms with E-state index in [1.807, 2.05) is 0 Å². The van der Waals surface area contributed by atoms with Gasteiger partial charge >= 0.3 is 0 Å². The van der Waals surface area contributed by atoms with E-state index < -0.39 is 22.7 Å². The van der Waals surface area contributed by atoms with Crippen molar-refractivity contribution in [2.75, 3.05) is 0 Å². The summed E-state index contributed by atoms with van der Waals surface area (Å²) >= 11 is 0. The molecule has 1 unspecified atom stereocenters. The van der Waals surface area contributed by atoms with Crippen LogP contribution in [-0.4, -0.2) is 27.8 Å². The van der Waals surface area contributed by atoms with E-state index >= 15 is 0 Å². The van der Waals surface area contributed by atoms with E-state index in [0.717, 1.165) is 6.08 Å². The van der Waals surface area contributed by atoms with Gasteiger partial charge in [0.05, 0.1) is 0 Å². The molecular formula is C6H17N7O. The molecule has 0 amide bonds. The standard InChI is InChI=1S/C6H17N7O/c7-3(8)1-2-4(9,14)6(12,13)5(3,10)11/h1-2,14H,7-13H2. The van der Waals surface area contributed by atoms with Crippen molar-refractivity contribution in [3.63, 3.8) is 0 Å². The maximum absolute atomic E-state index is 9.64. The van der Waals surface area contributed by atoms with Crippen LogP contribution in [0.15, 0.2) is 12.2 Å². The van der Waals surface area contributed by atoms with Crippen LogP contribution in [0.2, 0.25) is 0 Å². The summed E-state index contributed by atoms with van der Waals surface area (Å²) in [4.78, 5) is 0. The summed E-state index contributed by atoms with van der Waals surface area (Å²) < 4.78 is 0. The third-order valence-electron chi connectivity index (χ3n) is 2.68. The van der Waals surface area contributed by atoms with E-state index in [4.69, 9.17) is 40.1 Å². The summed E-state index contributed by atoms with van der Waals surface area (Å²) in [5.74, 6) is 0. The van der Waals surface area contributed by atoms with Crippen molar-refractivity contribution in [3.05, 3.63) is 12.2 Å². The van der Waals surface area contributed by atoms with Crippen LogP contribution in [0.3, 0.4) is 0 Å². The number of hydrogen-bond donors (Lipinski definition) is 8. The van der Waals surface area contributed by atoms with Gasteiger partial charge in [0.2, 0.25) is 0 Å². The fourth-order valence-corrected chi connectivity index (χ4v) is 1.23.